The molecule has 3 aromatic carbocycles. The molecular formula is C35H34F3N6O4-. The highest BCUT2D eigenvalue weighted by atomic mass is 19.1. The zero-order valence-electron chi connectivity index (χ0n) is 26.2. The Morgan fingerprint density at radius 2 is 1.69 bits per heavy atom. The largest absolute Gasteiger partial charge is 0.784 e. The van der Waals surface area contributed by atoms with E-state index in [1.807, 2.05) is 11.8 Å². The van der Waals surface area contributed by atoms with Crippen molar-refractivity contribution in [3.05, 3.63) is 117 Å². The predicted molar refractivity (Wildman–Crippen MR) is 173 cm³/mol. The van der Waals surface area contributed by atoms with Gasteiger partial charge in [0.2, 0.25) is 5.95 Å². The van der Waals surface area contributed by atoms with Crippen molar-refractivity contribution in [1.82, 2.24) is 25.7 Å². The second-order valence-corrected chi connectivity index (χ2v) is 12.0. The number of rotatable bonds is 8. The van der Waals surface area contributed by atoms with Crippen LogP contribution in [0.1, 0.15) is 57.2 Å². The molecule has 1 saturated heterocycles. The van der Waals surface area contributed by atoms with Crippen molar-refractivity contribution in [2.45, 2.75) is 44.7 Å². The molecule has 3 N–H and O–H groups in total. The van der Waals surface area contributed by atoms with E-state index in [9.17, 15) is 19.2 Å². The van der Waals surface area contributed by atoms with Gasteiger partial charge in [0, 0.05) is 47.9 Å². The molecule has 1 fully saturated rings. The maximum atomic E-state index is 15.2. The maximum Gasteiger partial charge on any atom is 0.404 e. The Hall–Kier alpha value is -5.01. The zero-order valence-corrected chi connectivity index (χ0v) is 26.2. The van der Waals surface area contributed by atoms with Crippen LogP contribution in [0.2, 0.25) is 0 Å². The summed E-state index contributed by atoms with van der Waals surface area (Å²) >= 11 is 0. The van der Waals surface area contributed by atoms with Crippen LogP contribution in [-0.4, -0.2) is 64.4 Å². The van der Waals surface area contributed by atoms with Gasteiger partial charge in [-0.2, -0.15) is 0 Å². The van der Waals surface area contributed by atoms with Crippen LogP contribution in [0.3, 0.4) is 0 Å². The number of aryl methyl sites for hydroxylation is 1. The number of benzene rings is 3. The van der Waals surface area contributed by atoms with E-state index < -0.39 is 29.3 Å². The Bertz CT molecular complexity index is 1810. The van der Waals surface area contributed by atoms with Gasteiger partial charge in [-0.15, -0.1) is 0 Å². The van der Waals surface area contributed by atoms with E-state index in [2.05, 4.69) is 10.6 Å². The number of halogens is 3. The van der Waals surface area contributed by atoms with Gasteiger partial charge in [0.15, 0.2) is 0 Å². The number of anilines is 1. The number of aromatic nitrogens is 2. The van der Waals surface area contributed by atoms with Crippen LogP contribution in [0.4, 0.5) is 23.9 Å². The number of nitrogens with zero attached hydrogens (tertiary/aromatic N) is 4. The predicted octanol–water partition coefficient (Wildman–Crippen LogP) is 5.52. The number of nitrogens with one attached hydrogen (secondary N) is 2. The Morgan fingerprint density at radius 1 is 0.979 bits per heavy atom. The van der Waals surface area contributed by atoms with Gasteiger partial charge in [-0.25, -0.2) is 27.9 Å². The number of amides is 2. The average molecular weight is 660 g/mol. The first-order valence-electron chi connectivity index (χ1n) is 15.8. The van der Waals surface area contributed by atoms with Gasteiger partial charge in [-0.05, 0) is 86.7 Å². The molecule has 0 aliphatic carbocycles. The van der Waals surface area contributed by atoms with Crippen LogP contribution in [-0.2, 0) is 12.8 Å². The molecule has 2 aliphatic rings. The summed E-state index contributed by atoms with van der Waals surface area (Å²) in [5.41, 5.74) is 3.41. The minimum Gasteiger partial charge on any atom is -0.784 e. The first-order chi connectivity index (χ1) is 23.1. The number of carbonyl (C=O) groups excluding carboxylic acids is 1. The monoisotopic (exact) mass is 659 g/mol. The van der Waals surface area contributed by atoms with Crippen molar-refractivity contribution < 1.29 is 27.9 Å². The Kier molecular flexibility index (Phi) is 9.60. The van der Waals surface area contributed by atoms with E-state index >= 15 is 8.78 Å². The lowest BCUT2D eigenvalue weighted by molar-refractivity contribution is 0.0954. The normalized spacial score (nSPS) is 16.8. The summed E-state index contributed by atoms with van der Waals surface area (Å²) in [4.78, 5) is 36.0. The van der Waals surface area contributed by atoms with Gasteiger partial charge in [-0.1, -0.05) is 24.3 Å². The third kappa shape index (κ3) is 6.97. The highest BCUT2D eigenvalue weighted by molar-refractivity contribution is 5.95. The molecule has 1 unspecified atom stereocenters. The smallest absolute Gasteiger partial charge is 0.404 e. The second-order valence-electron chi connectivity index (χ2n) is 12.0. The van der Waals surface area contributed by atoms with Gasteiger partial charge in [0.1, 0.15) is 17.5 Å². The fraction of sp³-hybridized carbons (Fsp3) is 0.314. The molecule has 48 heavy (non-hydrogen) atoms. The van der Waals surface area contributed by atoms with Crippen LogP contribution in [0.25, 0.3) is 11.3 Å². The molecule has 3 heterocycles. The summed E-state index contributed by atoms with van der Waals surface area (Å²) in [5.74, 6) is -2.16. The summed E-state index contributed by atoms with van der Waals surface area (Å²) < 4.78 is 43.6. The Labute approximate surface area is 275 Å². The molecule has 1 aromatic heterocycles. The average Bonchev–Trinajstić information content (AvgIpc) is 3.06. The third-order valence-electron chi connectivity index (χ3n) is 8.90. The highest BCUT2D eigenvalue weighted by Gasteiger charge is 2.34. The number of hydroxylamine groups is 2. The van der Waals surface area contributed by atoms with E-state index in [0.717, 1.165) is 23.3 Å². The zero-order chi connectivity index (χ0) is 33.9. The fourth-order valence-corrected chi connectivity index (χ4v) is 6.36. The molecule has 0 spiro atoms. The number of piperidine rings is 1. The van der Waals surface area contributed by atoms with E-state index in [1.165, 1.54) is 18.2 Å². The maximum absolute atomic E-state index is 15.2. The molecule has 6 rings (SSSR count). The van der Waals surface area contributed by atoms with Gasteiger partial charge >= 0.3 is 6.09 Å². The summed E-state index contributed by atoms with van der Waals surface area (Å²) in [6.45, 7) is 2.93. The van der Waals surface area contributed by atoms with Gasteiger partial charge in [0.25, 0.3) is 5.91 Å². The van der Waals surface area contributed by atoms with Gasteiger partial charge in [-0.3, -0.25) is 4.79 Å². The topological polar surface area (TPSA) is 134 Å². The molecule has 4 aromatic rings. The van der Waals surface area contributed by atoms with Crippen molar-refractivity contribution in [3.63, 3.8) is 0 Å². The Morgan fingerprint density at radius 3 is 2.38 bits per heavy atom. The SMILES string of the molecule is Cc1ccc(C(=O)NCCc2ccc(F)cc2)cc1-c1nc(N2CCC(NC(=O)O)CC2)nc2c1CCN([O-])C2c1c(F)cccc1F. The summed E-state index contributed by atoms with van der Waals surface area (Å²) in [6.07, 6.45) is 0.563. The van der Waals surface area contributed by atoms with Crippen LogP contribution >= 0.6 is 0 Å². The number of carboxylic acid groups (broad SMARTS) is 1. The lowest BCUT2D eigenvalue weighted by atomic mass is 9.89. The van der Waals surface area contributed by atoms with Gasteiger partial charge in [0.05, 0.1) is 17.4 Å². The minimum atomic E-state index is -1.38. The molecule has 2 aliphatic heterocycles. The number of hydrogen-bond acceptors (Lipinski definition) is 7. The molecule has 0 bridgehead atoms. The number of hydrogen-bond donors (Lipinski definition) is 3. The van der Waals surface area contributed by atoms with Crippen molar-refractivity contribution in [2.24, 2.45) is 0 Å². The second kappa shape index (κ2) is 14.0. The quantitative estimate of drug-likeness (QED) is 0.225. The molecule has 250 valence electrons. The highest BCUT2D eigenvalue weighted by Crippen LogP contribution is 2.41. The van der Waals surface area contributed by atoms with Crippen molar-refractivity contribution in [2.75, 3.05) is 31.1 Å². The lowest BCUT2D eigenvalue weighted by Gasteiger charge is -2.42. The molecule has 2 amide bonds. The number of carbonyl (C=O) groups is 2. The Balaban J connectivity index is 1.38. The number of fused-ring (bicyclic) bond motifs is 1. The van der Waals surface area contributed by atoms with Gasteiger partial charge < -0.3 is 30.9 Å². The van der Waals surface area contributed by atoms with E-state index in [0.29, 0.717) is 66.3 Å². The molecular weight excluding hydrogens is 625 g/mol. The first kappa shape index (κ1) is 32.9. The van der Waals surface area contributed by atoms with E-state index in [1.54, 1.807) is 30.3 Å². The van der Waals surface area contributed by atoms with Crippen molar-refractivity contribution >= 4 is 17.9 Å². The molecule has 1 atom stereocenters. The summed E-state index contributed by atoms with van der Waals surface area (Å²) in [5, 5.41) is 28.5. The molecule has 0 radical (unpaired) electrons. The van der Waals surface area contributed by atoms with Crippen LogP contribution in [0.15, 0.2) is 60.7 Å². The summed E-state index contributed by atoms with van der Waals surface area (Å²) in [6, 6.07) is 13.1. The third-order valence-corrected chi connectivity index (χ3v) is 8.90. The van der Waals surface area contributed by atoms with Crippen LogP contribution in [0.5, 0.6) is 0 Å². The van der Waals surface area contributed by atoms with E-state index in [4.69, 9.17) is 15.1 Å². The minimum absolute atomic E-state index is 0.0595. The van der Waals surface area contributed by atoms with Crippen molar-refractivity contribution in [1.29, 1.82) is 0 Å². The van der Waals surface area contributed by atoms with Crippen LogP contribution < -0.4 is 15.5 Å². The molecule has 10 nitrogen and oxygen atoms in total. The lowest BCUT2D eigenvalue weighted by Crippen LogP contribution is -2.45. The summed E-state index contributed by atoms with van der Waals surface area (Å²) in [7, 11) is 0. The fourth-order valence-electron chi connectivity index (χ4n) is 6.36. The molecule has 0 saturated carbocycles. The molecule has 13 heteroatoms. The van der Waals surface area contributed by atoms with Crippen molar-refractivity contribution in [3.8, 4) is 11.3 Å². The standard InChI is InChI=1S/C35H34F3N6O4/c1-20-5-8-22(33(45)39-15-11-21-6-9-23(36)10-7-21)19-26(20)30-25-14-18-44(48)32(29-27(37)3-2-4-28(29)38)31(25)42-34(41-30)43-16-12-24(13-17-43)40-35(46)47/h2-10,19,24,32,40H,11-18H2,1H3,(H,39,45)(H,46,47)/q-1. The first-order valence-corrected chi connectivity index (χ1v) is 15.8. The van der Waals surface area contributed by atoms with Crippen LogP contribution in [0, 0.1) is 29.6 Å². The van der Waals surface area contributed by atoms with E-state index in [-0.39, 0.29) is 42.4 Å².